The van der Waals surface area contributed by atoms with E-state index in [0.717, 1.165) is 18.5 Å². The van der Waals surface area contributed by atoms with Gasteiger partial charge >= 0.3 is 0 Å². The Hall–Kier alpha value is -3.33. The summed E-state index contributed by atoms with van der Waals surface area (Å²) in [6.45, 7) is 2.97. The van der Waals surface area contributed by atoms with Crippen LogP contribution in [0.2, 0.25) is 0 Å². The molecule has 174 valence electrons. The van der Waals surface area contributed by atoms with Crippen LogP contribution in [0.4, 0.5) is 0 Å². The SMILES string of the molecule is O=C1CCCN1CCCN1C[C@H](OCc2ccccc2)CN(C(=O)c2cnccn2)CC1=O. The van der Waals surface area contributed by atoms with E-state index in [4.69, 9.17) is 4.74 Å². The van der Waals surface area contributed by atoms with Gasteiger partial charge in [-0.05, 0) is 18.4 Å². The Kier molecular flexibility index (Phi) is 7.62. The number of benzene rings is 1. The normalized spacial score (nSPS) is 19.2. The zero-order valence-corrected chi connectivity index (χ0v) is 18.6. The van der Waals surface area contributed by atoms with Crippen LogP contribution in [0, 0.1) is 0 Å². The van der Waals surface area contributed by atoms with E-state index < -0.39 is 0 Å². The van der Waals surface area contributed by atoms with Gasteiger partial charge in [-0.1, -0.05) is 30.3 Å². The maximum atomic E-state index is 13.0. The van der Waals surface area contributed by atoms with Crippen molar-refractivity contribution >= 4 is 17.7 Å². The Bertz CT molecular complexity index is 956. The molecule has 1 atom stereocenters. The molecule has 1 aromatic carbocycles. The molecule has 0 radical (unpaired) electrons. The molecule has 33 heavy (non-hydrogen) atoms. The fraction of sp³-hybridized carbons (Fsp3) is 0.458. The van der Waals surface area contributed by atoms with Gasteiger partial charge in [0.2, 0.25) is 11.8 Å². The first-order chi connectivity index (χ1) is 16.1. The van der Waals surface area contributed by atoms with Gasteiger partial charge in [-0.3, -0.25) is 19.4 Å². The minimum Gasteiger partial charge on any atom is -0.370 e. The largest absolute Gasteiger partial charge is 0.370 e. The first kappa shape index (κ1) is 22.8. The Morgan fingerprint density at radius 3 is 2.58 bits per heavy atom. The van der Waals surface area contributed by atoms with Crippen LogP contribution >= 0.6 is 0 Å². The van der Waals surface area contributed by atoms with Crippen LogP contribution in [0.15, 0.2) is 48.9 Å². The fourth-order valence-electron chi connectivity index (χ4n) is 4.21. The molecule has 0 bridgehead atoms. The fourth-order valence-corrected chi connectivity index (χ4v) is 4.21. The molecule has 0 spiro atoms. The number of hydrogen-bond donors (Lipinski definition) is 0. The Morgan fingerprint density at radius 2 is 1.85 bits per heavy atom. The van der Waals surface area contributed by atoms with E-state index >= 15 is 0 Å². The number of nitrogens with zero attached hydrogens (tertiary/aromatic N) is 5. The number of carbonyl (C=O) groups excluding carboxylic acids is 3. The van der Waals surface area contributed by atoms with E-state index in [9.17, 15) is 14.4 Å². The van der Waals surface area contributed by atoms with Gasteiger partial charge in [-0.25, -0.2) is 4.98 Å². The third-order valence-corrected chi connectivity index (χ3v) is 5.95. The number of likely N-dealkylation sites (tertiary alicyclic amines) is 1. The molecule has 0 aliphatic carbocycles. The third kappa shape index (κ3) is 6.13. The average molecular weight is 452 g/mol. The predicted molar refractivity (Wildman–Crippen MR) is 120 cm³/mol. The summed E-state index contributed by atoms with van der Waals surface area (Å²) in [6, 6.07) is 9.81. The van der Waals surface area contributed by atoms with Crippen molar-refractivity contribution in [2.75, 3.05) is 39.3 Å². The van der Waals surface area contributed by atoms with Crippen molar-refractivity contribution in [3.8, 4) is 0 Å². The van der Waals surface area contributed by atoms with Crippen molar-refractivity contribution in [3.63, 3.8) is 0 Å². The van der Waals surface area contributed by atoms with Gasteiger partial charge < -0.3 is 19.4 Å². The molecule has 3 heterocycles. The molecule has 4 rings (SSSR count). The predicted octanol–water partition coefficient (Wildman–Crippen LogP) is 1.36. The monoisotopic (exact) mass is 451 g/mol. The molecule has 2 aliphatic rings. The lowest BCUT2D eigenvalue weighted by Crippen LogP contribution is -2.40. The molecule has 9 nitrogen and oxygen atoms in total. The summed E-state index contributed by atoms with van der Waals surface area (Å²) < 4.78 is 6.15. The molecular weight excluding hydrogens is 422 g/mol. The maximum absolute atomic E-state index is 13.0. The van der Waals surface area contributed by atoms with Crippen molar-refractivity contribution in [2.24, 2.45) is 0 Å². The van der Waals surface area contributed by atoms with E-state index in [1.165, 1.54) is 23.5 Å². The summed E-state index contributed by atoms with van der Waals surface area (Å²) in [7, 11) is 0. The number of carbonyl (C=O) groups is 3. The second-order valence-electron chi connectivity index (χ2n) is 8.37. The maximum Gasteiger partial charge on any atom is 0.274 e. The smallest absolute Gasteiger partial charge is 0.274 e. The van der Waals surface area contributed by atoms with Crippen molar-refractivity contribution in [2.45, 2.75) is 32.0 Å². The Balaban J connectivity index is 1.43. The summed E-state index contributed by atoms with van der Waals surface area (Å²) in [6.07, 6.45) is 6.23. The van der Waals surface area contributed by atoms with E-state index in [1.807, 2.05) is 35.2 Å². The number of hydrogen-bond acceptors (Lipinski definition) is 6. The van der Waals surface area contributed by atoms with E-state index in [-0.39, 0.29) is 42.6 Å². The highest BCUT2D eigenvalue weighted by atomic mass is 16.5. The van der Waals surface area contributed by atoms with Gasteiger partial charge in [0.15, 0.2) is 0 Å². The summed E-state index contributed by atoms with van der Waals surface area (Å²) in [5.41, 5.74) is 1.23. The second-order valence-corrected chi connectivity index (χ2v) is 8.37. The van der Waals surface area contributed by atoms with Crippen molar-refractivity contribution in [1.82, 2.24) is 24.7 Å². The highest BCUT2D eigenvalue weighted by Crippen LogP contribution is 2.15. The van der Waals surface area contributed by atoms with Crippen molar-refractivity contribution in [3.05, 3.63) is 60.2 Å². The Morgan fingerprint density at radius 1 is 1.03 bits per heavy atom. The van der Waals surface area contributed by atoms with Gasteiger partial charge in [0.05, 0.1) is 18.9 Å². The highest BCUT2D eigenvalue weighted by molar-refractivity contribution is 5.95. The topological polar surface area (TPSA) is 95.9 Å². The van der Waals surface area contributed by atoms with Gasteiger partial charge in [-0.15, -0.1) is 0 Å². The van der Waals surface area contributed by atoms with Crippen LogP contribution < -0.4 is 0 Å². The van der Waals surface area contributed by atoms with E-state index in [0.29, 0.717) is 39.1 Å². The molecule has 2 saturated heterocycles. The van der Waals surface area contributed by atoms with Crippen LogP contribution in [-0.4, -0.2) is 87.8 Å². The summed E-state index contributed by atoms with van der Waals surface area (Å²) >= 11 is 0. The number of aromatic nitrogens is 2. The molecular formula is C24H29N5O4. The van der Waals surface area contributed by atoms with Crippen LogP contribution in [0.5, 0.6) is 0 Å². The van der Waals surface area contributed by atoms with Crippen LogP contribution in [0.1, 0.15) is 35.3 Å². The highest BCUT2D eigenvalue weighted by Gasteiger charge is 2.32. The molecule has 9 heteroatoms. The van der Waals surface area contributed by atoms with Crippen molar-refractivity contribution < 1.29 is 19.1 Å². The quantitative estimate of drug-likeness (QED) is 0.601. The van der Waals surface area contributed by atoms with E-state index in [1.54, 1.807) is 4.90 Å². The molecule has 1 aromatic heterocycles. The number of ether oxygens (including phenoxy) is 1. The standard InChI is InChI=1S/C24H29N5O4/c30-22-8-4-11-27(22)12-5-13-28-15-20(33-18-19-6-2-1-3-7-19)16-29(17-23(28)31)24(32)21-14-25-9-10-26-21/h1-3,6-7,9-10,14,20H,4-5,8,11-13,15-18H2/t20-/m0/s1. The lowest BCUT2D eigenvalue weighted by Gasteiger charge is -2.25. The minimum absolute atomic E-state index is 0.0384. The average Bonchev–Trinajstić information content (AvgIpc) is 3.18. The molecule has 2 fully saturated rings. The zero-order valence-electron chi connectivity index (χ0n) is 18.6. The lowest BCUT2D eigenvalue weighted by molar-refractivity contribution is -0.131. The molecule has 3 amide bonds. The first-order valence-corrected chi connectivity index (χ1v) is 11.4. The summed E-state index contributed by atoms with van der Waals surface area (Å²) in [5, 5.41) is 0. The van der Waals surface area contributed by atoms with Crippen LogP contribution in [0.3, 0.4) is 0 Å². The molecule has 2 aliphatic heterocycles. The van der Waals surface area contributed by atoms with E-state index in [2.05, 4.69) is 9.97 Å². The molecule has 0 N–H and O–H groups in total. The minimum atomic E-state index is -0.342. The van der Waals surface area contributed by atoms with Crippen LogP contribution in [0.25, 0.3) is 0 Å². The first-order valence-electron chi connectivity index (χ1n) is 11.4. The van der Waals surface area contributed by atoms with Crippen molar-refractivity contribution in [1.29, 1.82) is 0 Å². The van der Waals surface area contributed by atoms with Gasteiger partial charge in [0.25, 0.3) is 5.91 Å². The number of rotatable bonds is 8. The third-order valence-electron chi connectivity index (χ3n) is 5.95. The van der Waals surface area contributed by atoms with Crippen LogP contribution in [-0.2, 0) is 20.9 Å². The zero-order chi connectivity index (χ0) is 23.0. The van der Waals surface area contributed by atoms with Gasteiger partial charge in [0, 0.05) is 51.5 Å². The molecule has 0 unspecified atom stereocenters. The molecule has 0 saturated carbocycles. The summed E-state index contributed by atoms with van der Waals surface area (Å²) in [4.78, 5) is 51.1. The van der Waals surface area contributed by atoms with Gasteiger partial charge in [-0.2, -0.15) is 0 Å². The summed E-state index contributed by atoms with van der Waals surface area (Å²) in [5.74, 6) is -0.290. The number of amides is 3. The second kappa shape index (κ2) is 11.0. The Labute approximate surface area is 193 Å². The lowest BCUT2D eigenvalue weighted by atomic mass is 10.2. The van der Waals surface area contributed by atoms with Gasteiger partial charge in [0.1, 0.15) is 12.2 Å². The molecule has 2 aromatic rings.